The van der Waals surface area contributed by atoms with Gasteiger partial charge in [-0.05, 0) is 31.1 Å². The number of hydrogen-bond donors (Lipinski definition) is 0. The van der Waals surface area contributed by atoms with Crippen molar-refractivity contribution < 1.29 is 23.8 Å². The van der Waals surface area contributed by atoms with Crippen molar-refractivity contribution >= 4 is 18.0 Å². The normalized spacial score (nSPS) is 15.5. The predicted octanol–water partition coefficient (Wildman–Crippen LogP) is 2.95. The SMILES string of the molecule is COc1ccc(/C=C/C(=O)OCC(=O)N(C)C2(C#N)CCCCC2)c(OC)c1. The Hall–Kier alpha value is -3.01. The Labute approximate surface area is 165 Å². The third kappa shape index (κ3) is 5.03. The monoisotopic (exact) mass is 386 g/mol. The third-order valence-corrected chi connectivity index (χ3v) is 5.08. The number of nitriles is 1. The molecule has 0 atom stereocenters. The average Bonchev–Trinajstić information content (AvgIpc) is 2.75. The Kier molecular flexibility index (Phi) is 7.44. The average molecular weight is 386 g/mol. The molecule has 1 aromatic rings. The quantitative estimate of drug-likeness (QED) is 0.529. The number of carbonyl (C=O) groups excluding carboxylic acids is 2. The topological polar surface area (TPSA) is 88.9 Å². The van der Waals surface area contributed by atoms with E-state index in [9.17, 15) is 14.9 Å². The molecule has 0 aliphatic heterocycles. The number of carbonyl (C=O) groups is 2. The highest BCUT2D eigenvalue weighted by molar-refractivity contribution is 5.90. The van der Waals surface area contributed by atoms with Crippen molar-refractivity contribution in [3.63, 3.8) is 0 Å². The number of benzene rings is 1. The Balaban J connectivity index is 1.94. The number of methoxy groups -OCH3 is 2. The lowest BCUT2D eigenvalue weighted by molar-refractivity contribution is -0.150. The summed E-state index contributed by atoms with van der Waals surface area (Å²) in [7, 11) is 4.68. The number of hydrogen-bond acceptors (Lipinski definition) is 6. The summed E-state index contributed by atoms with van der Waals surface area (Å²) in [5.74, 6) is 0.160. The molecule has 2 rings (SSSR count). The number of likely N-dealkylation sites (N-methyl/N-ethyl adjacent to an activating group) is 1. The van der Waals surface area contributed by atoms with Crippen molar-refractivity contribution in [2.45, 2.75) is 37.6 Å². The fourth-order valence-corrected chi connectivity index (χ4v) is 3.29. The van der Waals surface area contributed by atoms with E-state index >= 15 is 0 Å². The van der Waals surface area contributed by atoms with E-state index in [1.54, 1.807) is 38.4 Å². The van der Waals surface area contributed by atoms with Crippen LogP contribution in [0.25, 0.3) is 6.08 Å². The Bertz CT molecular complexity index is 775. The number of amides is 1. The largest absolute Gasteiger partial charge is 0.497 e. The highest BCUT2D eigenvalue weighted by Crippen LogP contribution is 2.32. The molecule has 0 N–H and O–H groups in total. The van der Waals surface area contributed by atoms with Crippen LogP contribution in [0.2, 0.25) is 0 Å². The van der Waals surface area contributed by atoms with Crippen LogP contribution in [0, 0.1) is 11.3 Å². The van der Waals surface area contributed by atoms with Crippen molar-refractivity contribution in [1.29, 1.82) is 5.26 Å². The Morgan fingerprint density at radius 2 is 1.93 bits per heavy atom. The minimum atomic E-state index is -0.798. The second-order valence-corrected chi connectivity index (χ2v) is 6.71. The van der Waals surface area contributed by atoms with E-state index in [0.29, 0.717) is 29.9 Å². The lowest BCUT2D eigenvalue weighted by atomic mass is 9.81. The van der Waals surface area contributed by atoms with Gasteiger partial charge in [-0.1, -0.05) is 19.3 Å². The van der Waals surface area contributed by atoms with Crippen LogP contribution in [0.5, 0.6) is 11.5 Å². The van der Waals surface area contributed by atoms with Crippen LogP contribution in [0.1, 0.15) is 37.7 Å². The van der Waals surface area contributed by atoms with Crippen LogP contribution >= 0.6 is 0 Å². The summed E-state index contributed by atoms with van der Waals surface area (Å²) in [5.41, 5.74) is -0.122. The number of nitrogens with zero attached hydrogens (tertiary/aromatic N) is 2. The fourth-order valence-electron chi connectivity index (χ4n) is 3.29. The van der Waals surface area contributed by atoms with Crippen LogP contribution in [0.3, 0.4) is 0 Å². The summed E-state index contributed by atoms with van der Waals surface area (Å²) in [6, 6.07) is 7.48. The first-order valence-corrected chi connectivity index (χ1v) is 9.20. The summed E-state index contributed by atoms with van der Waals surface area (Å²) in [6.07, 6.45) is 6.98. The number of rotatable bonds is 7. The summed E-state index contributed by atoms with van der Waals surface area (Å²) in [5, 5.41) is 9.55. The number of esters is 1. The molecular formula is C21H26N2O5. The van der Waals surface area contributed by atoms with Gasteiger partial charge in [0.1, 0.15) is 17.0 Å². The third-order valence-electron chi connectivity index (χ3n) is 5.08. The predicted molar refractivity (Wildman–Crippen MR) is 104 cm³/mol. The molecule has 0 bridgehead atoms. The summed E-state index contributed by atoms with van der Waals surface area (Å²) in [4.78, 5) is 25.8. The fraction of sp³-hybridized carbons (Fsp3) is 0.476. The van der Waals surface area contributed by atoms with E-state index < -0.39 is 18.1 Å². The highest BCUT2D eigenvalue weighted by Gasteiger charge is 2.38. The van der Waals surface area contributed by atoms with E-state index in [0.717, 1.165) is 19.3 Å². The molecule has 0 aromatic heterocycles. The van der Waals surface area contributed by atoms with Gasteiger partial charge >= 0.3 is 5.97 Å². The summed E-state index contributed by atoms with van der Waals surface area (Å²) in [6.45, 7) is -0.400. The van der Waals surface area contributed by atoms with Gasteiger partial charge in [-0.15, -0.1) is 0 Å². The van der Waals surface area contributed by atoms with Gasteiger partial charge < -0.3 is 19.1 Å². The van der Waals surface area contributed by atoms with E-state index in [1.807, 2.05) is 0 Å². The maximum Gasteiger partial charge on any atom is 0.331 e. The summed E-state index contributed by atoms with van der Waals surface area (Å²) >= 11 is 0. The first-order chi connectivity index (χ1) is 13.5. The zero-order valence-electron chi connectivity index (χ0n) is 16.6. The molecule has 0 heterocycles. The van der Waals surface area contributed by atoms with Crippen LogP contribution in [0.15, 0.2) is 24.3 Å². The van der Waals surface area contributed by atoms with Gasteiger partial charge in [0.2, 0.25) is 0 Å². The van der Waals surface area contributed by atoms with Crippen LogP contribution in [-0.2, 0) is 14.3 Å². The maximum absolute atomic E-state index is 12.4. The van der Waals surface area contributed by atoms with Gasteiger partial charge in [-0.3, -0.25) is 4.79 Å². The van der Waals surface area contributed by atoms with E-state index in [1.165, 1.54) is 18.1 Å². The minimum absolute atomic E-state index is 0.382. The molecule has 1 saturated carbocycles. The standard InChI is InChI=1S/C21H26N2O5/c1-23(21(15-22)11-5-4-6-12-21)19(24)14-28-20(25)10-8-16-7-9-17(26-2)13-18(16)27-3/h7-10,13H,4-6,11-12,14H2,1-3H3/b10-8+. The van der Waals surface area contributed by atoms with Crippen molar-refractivity contribution in [2.75, 3.05) is 27.9 Å². The van der Waals surface area contributed by atoms with Gasteiger partial charge in [-0.25, -0.2) is 4.79 Å². The lowest BCUT2D eigenvalue weighted by Gasteiger charge is -2.38. The van der Waals surface area contributed by atoms with Crippen molar-refractivity contribution in [2.24, 2.45) is 0 Å². The van der Waals surface area contributed by atoms with Crippen molar-refractivity contribution in [3.8, 4) is 17.6 Å². The molecular weight excluding hydrogens is 360 g/mol. The second-order valence-electron chi connectivity index (χ2n) is 6.71. The van der Waals surface area contributed by atoms with E-state index in [4.69, 9.17) is 14.2 Å². The Morgan fingerprint density at radius 1 is 1.21 bits per heavy atom. The highest BCUT2D eigenvalue weighted by atomic mass is 16.5. The van der Waals surface area contributed by atoms with Crippen LogP contribution in [-0.4, -0.2) is 50.2 Å². The zero-order valence-corrected chi connectivity index (χ0v) is 16.6. The molecule has 1 aliphatic carbocycles. The van der Waals surface area contributed by atoms with Gasteiger partial charge in [0, 0.05) is 24.8 Å². The van der Waals surface area contributed by atoms with Crippen LogP contribution in [0.4, 0.5) is 0 Å². The summed E-state index contributed by atoms with van der Waals surface area (Å²) < 4.78 is 15.5. The molecule has 7 nitrogen and oxygen atoms in total. The first-order valence-electron chi connectivity index (χ1n) is 9.20. The number of ether oxygens (including phenoxy) is 3. The minimum Gasteiger partial charge on any atom is -0.497 e. The van der Waals surface area contributed by atoms with Gasteiger partial charge in [0.15, 0.2) is 6.61 Å². The van der Waals surface area contributed by atoms with Gasteiger partial charge in [0.25, 0.3) is 5.91 Å². The molecule has 1 fully saturated rings. The molecule has 1 aliphatic rings. The van der Waals surface area contributed by atoms with Crippen molar-refractivity contribution in [3.05, 3.63) is 29.8 Å². The van der Waals surface area contributed by atoms with Crippen LogP contribution < -0.4 is 9.47 Å². The van der Waals surface area contributed by atoms with Gasteiger partial charge in [0.05, 0.1) is 20.3 Å². The second kappa shape index (κ2) is 9.79. The first kappa shape index (κ1) is 21.3. The molecule has 0 unspecified atom stereocenters. The maximum atomic E-state index is 12.4. The molecule has 28 heavy (non-hydrogen) atoms. The van der Waals surface area contributed by atoms with E-state index in [2.05, 4.69) is 6.07 Å². The molecule has 0 spiro atoms. The molecule has 1 aromatic carbocycles. The zero-order chi connectivity index (χ0) is 20.6. The molecule has 0 radical (unpaired) electrons. The Morgan fingerprint density at radius 3 is 2.54 bits per heavy atom. The molecule has 1 amide bonds. The molecule has 150 valence electrons. The van der Waals surface area contributed by atoms with Gasteiger partial charge in [-0.2, -0.15) is 5.26 Å². The molecule has 7 heteroatoms. The lowest BCUT2D eigenvalue weighted by Crippen LogP contribution is -2.51. The molecule has 0 saturated heterocycles. The smallest absolute Gasteiger partial charge is 0.331 e. The van der Waals surface area contributed by atoms with Crippen molar-refractivity contribution in [1.82, 2.24) is 4.90 Å². The van der Waals surface area contributed by atoms with E-state index in [-0.39, 0.29) is 5.91 Å².